The van der Waals surface area contributed by atoms with E-state index in [9.17, 15) is 14.7 Å². The number of thioether (sulfide) groups is 1. The van der Waals surface area contributed by atoms with Gasteiger partial charge in [-0.25, -0.2) is 4.79 Å². The van der Waals surface area contributed by atoms with Gasteiger partial charge in [0.15, 0.2) is 0 Å². The zero-order chi connectivity index (χ0) is 20.0. The number of fused-ring (bicyclic) bond motifs is 2. The summed E-state index contributed by atoms with van der Waals surface area (Å²) in [4.78, 5) is 24.5. The minimum absolute atomic E-state index is 0.306. The number of benzene rings is 2. The highest BCUT2D eigenvalue weighted by Gasteiger charge is 2.33. The van der Waals surface area contributed by atoms with E-state index in [2.05, 4.69) is 33.6 Å². The van der Waals surface area contributed by atoms with Gasteiger partial charge in [0.1, 0.15) is 11.7 Å². The summed E-state index contributed by atoms with van der Waals surface area (Å²) in [7, 11) is 0. The molecular weight excluding hydrogens is 388 g/mol. The molecule has 0 saturated heterocycles. The van der Waals surface area contributed by atoms with Gasteiger partial charge in [0.05, 0.1) is 11.2 Å². The van der Waals surface area contributed by atoms with Crippen LogP contribution in [0.4, 0.5) is 0 Å². The van der Waals surface area contributed by atoms with Crippen LogP contribution >= 0.6 is 11.8 Å². The molecule has 0 bridgehead atoms. The van der Waals surface area contributed by atoms with Crippen molar-refractivity contribution in [2.45, 2.75) is 17.5 Å². The van der Waals surface area contributed by atoms with E-state index in [1.807, 2.05) is 24.3 Å². The number of carboxylic acids is 1. The third-order valence-electron chi connectivity index (χ3n) is 5.20. The smallest absolute Gasteiger partial charge is 0.327 e. The molecule has 3 heterocycles. The number of aliphatic carboxylic acids is 1. The van der Waals surface area contributed by atoms with Crippen LogP contribution in [0.3, 0.4) is 0 Å². The van der Waals surface area contributed by atoms with Gasteiger partial charge in [-0.1, -0.05) is 42.5 Å². The number of H-pyrrole nitrogens is 1. The molecule has 29 heavy (non-hydrogen) atoms. The number of nitrogens with one attached hydrogen (secondary N) is 1. The molecule has 0 unspecified atom stereocenters. The van der Waals surface area contributed by atoms with Crippen molar-refractivity contribution in [3.05, 3.63) is 76.2 Å². The van der Waals surface area contributed by atoms with Gasteiger partial charge in [-0.2, -0.15) is 15.4 Å². The highest BCUT2D eigenvalue weighted by Crippen LogP contribution is 2.40. The Bertz CT molecular complexity index is 1290. The van der Waals surface area contributed by atoms with Gasteiger partial charge in [0, 0.05) is 17.4 Å². The van der Waals surface area contributed by atoms with E-state index in [1.165, 1.54) is 22.4 Å². The molecule has 7 nitrogen and oxygen atoms in total. The van der Waals surface area contributed by atoms with E-state index in [4.69, 9.17) is 0 Å². The fraction of sp³-hybridized carbons (Fsp3) is 0.143. The van der Waals surface area contributed by atoms with Gasteiger partial charge in [-0.3, -0.25) is 9.36 Å². The molecule has 2 aromatic heterocycles. The van der Waals surface area contributed by atoms with Crippen LogP contribution in [0.25, 0.3) is 22.0 Å². The molecule has 5 rings (SSSR count). The summed E-state index contributed by atoms with van der Waals surface area (Å²) in [6, 6.07) is 14.9. The number of nitrogens with zero attached hydrogens (tertiary/aromatic N) is 3. The molecule has 0 spiro atoms. The van der Waals surface area contributed by atoms with Gasteiger partial charge in [-0.05, 0) is 28.3 Å². The lowest BCUT2D eigenvalue weighted by Crippen LogP contribution is -2.29. The molecule has 144 valence electrons. The van der Waals surface area contributed by atoms with Crippen LogP contribution < -0.4 is 5.56 Å². The second-order valence-electron chi connectivity index (χ2n) is 6.89. The third-order valence-corrected chi connectivity index (χ3v) is 6.35. The van der Waals surface area contributed by atoms with Crippen molar-refractivity contribution >= 4 is 28.5 Å². The first-order chi connectivity index (χ1) is 14.1. The van der Waals surface area contributed by atoms with E-state index in [-0.39, 0.29) is 5.56 Å². The number of carbonyl (C=O) groups is 1. The van der Waals surface area contributed by atoms with Crippen LogP contribution in [0.2, 0.25) is 0 Å². The Balaban J connectivity index is 1.72. The van der Waals surface area contributed by atoms with Crippen LogP contribution in [0, 0.1) is 0 Å². The Labute approximate surface area is 169 Å². The molecule has 1 aliphatic rings. The van der Waals surface area contributed by atoms with E-state index < -0.39 is 12.0 Å². The van der Waals surface area contributed by atoms with Gasteiger partial charge in [-0.15, -0.1) is 11.8 Å². The first kappa shape index (κ1) is 17.7. The van der Waals surface area contributed by atoms with Crippen molar-refractivity contribution in [2.75, 3.05) is 5.75 Å². The molecule has 0 fully saturated rings. The SMILES string of the molecule is O=C(O)[C@@H]1CSc2c(-c3cn[nH]n3)c(Cc3cccc4ccccc34)cc(=O)n21. The lowest BCUT2D eigenvalue weighted by molar-refractivity contribution is -0.140. The Kier molecular flexibility index (Phi) is 4.21. The Hall–Kier alpha value is -3.39. The van der Waals surface area contributed by atoms with Crippen LogP contribution in [-0.4, -0.2) is 36.8 Å². The van der Waals surface area contributed by atoms with Crippen molar-refractivity contribution in [1.82, 2.24) is 20.0 Å². The van der Waals surface area contributed by atoms with Crippen molar-refractivity contribution in [2.24, 2.45) is 0 Å². The van der Waals surface area contributed by atoms with Crippen LogP contribution in [0.1, 0.15) is 17.2 Å². The summed E-state index contributed by atoms with van der Waals surface area (Å²) in [6.07, 6.45) is 2.13. The normalized spacial score (nSPS) is 15.5. The molecule has 0 saturated carbocycles. The minimum Gasteiger partial charge on any atom is -0.480 e. The van der Waals surface area contributed by atoms with Crippen molar-refractivity contribution in [1.29, 1.82) is 0 Å². The van der Waals surface area contributed by atoms with Crippen molar-refractivity contribution < 1.29 is 9.90 Å². The first-order valence-corrected chi connectivity index (χ1v) is 10.1. The monoisotopic (exact) mass is 404 g/mol. The Morgan fingerprint density at radius 2 is 2.03 bits per heavy atom. The van der Waals surface area contributed by atoms with Crippen LogP contribution in [0.15, 0.2) is 64.5 Å². The molecule has 0 amide bonds. The summed E-state index contributed by atoms with van der Waals surface area (Å²) in [5.41, 5.74) is 2.96. The fourth-order valence-corrected chi connectivity index (χ4v) is 5.23. The lowest BCUT2D eigenvalue weighted by atomic mass is 9.95. The van der Waals surface area contributed by atoms with E-state index in [0.29, 0.717) is 22.9 Å². The molecule has 1 aliphatic heterocycles. The highest BCUT2D eigenvalue weighted by molar-refractivity contribution is 7.99. The molecule has 1 atom stereocenters. The van der Waals surface area contributed by atoms with Crippen molar-refractivity contribution in [3.63, 3.8) is 0 Å². The molecule has 0 radical (unpaired) electrons. The number of carboxylic acid groups (broad SMARTS) is 1. The lowest BCUT2D eigenvalue weighted by Gasteiger charge is -2.16. The molecular formula is C21H16N4O3S. The van der Waals surface area contributed by atoms with E-state index in [0.717, 1.165) is 27.5 Å². The maximum atomic E-state index is 12.9. The van der Waals surface area contributed by atoms with Gasteiger partial charge in [0.2, 0.25) is 0 Å². The Morgan fingerprint density at radius 3 is 2.83 bits per heavy atom. The summed E-state index contributed by atoms with van der Waals surface area (Å²) >= 11 is 1.37. The third kappa shape index (κ3) is 2.92. The number of hydrogen-bond acceptors (Lipinski definition) is 5. The van der Waals surface area contributed by atoms with E-state index in [1.54, 1.807) is 6.20 Å². The second-order valence-corrected chi connectivity index (χ2v) is 7.90. The maximum absolute atomic E-state index is 12.9. The van der Waals surface area contributed by atoms with Gasteiger partial charge < -0.3 is 5.11 Å². The predicted octanol–water partition coefficient (Wildman–Crippen LogP) is 3.11. The number of hydrogen-bond donors (Lipinski definition) is 2. The summed E-state index contributed by atoms with van der Waals surface area (Å²) in [6.45, 7) is 0. The summed E-state index contributed by atoms with van der Waals surface area (Å²) in [5, 5.41) is 23.1. The quantitative estimate of drug-likeness (QED) is 0.542. The van der Waals surface area contributed by atoms with Gasteiger partial charge >= 0.3 is 5.97 Å². The average molecular weight is 404 g/mol. The number of pyridine rings is 1. The first-order valence-electron chi connectivity index (χ1n) is 9.10. The average Bonchev–Trinajstić information content (AvgIpc) is 3.39. The number of rotatable bonds is 4. The Morgan fingerprint density at radius 1 is 1.21 bits per heavy atom. The van der Waals surface area contributed by atoms with Crippen LogP contribution in [-0.2, 0) is 11.2 Å². The van der Waals surface area contributed by atoms with Crippen molar-refractivity contribution in [3.8, 4) is 11.3 Å². The second kappa shape index (κ2) is 6.89. The highest BCUT2D eigenvalue weighted by atomic mass is 32.2. The molecule has 4 aromatic rings. The van der Waals surface area contributed by atoms with E-state index >= 15 is 0 Å². The maximum Gasteiger partial charge on any atom is 0.327 e. The molecule has 2 N–H and O–H groups in total. The molecule has 2 aromatic carbocycles. The summed E-state index contributed by atoms with van der Waals surface area (Å²) in [5.74, 6) is -0.695. The molecule has 0 aliphatic carbocycles. The number of aromatic amines is 1. The largest absolute Gasteiger partial charge is 0.480 e. The predicted molar refractivity (Wildman–Crippen MR) is 110 cm³/mol. The zero-order valence-electron chi connectivity index (χ0n) is 15.2. The topological polar surface area (TPSA) is 101 Å². The van der Waals surface area contributed by atoms with Crippen LogP contribution in [0.5, 0.6) is 0 Å². The standard InChI is InChI=1S/C21H16N4O3S/c26-18-9-14(8-13-6-3-5-12-4-1-2-7-15(12)13)19(16-10-22-24-23-16)20-25(18)17(11-29-20)21(27)28/h1-7,9-10,17H,8,11H2,(H,27,28)(H,22,23,24)/t17-/m0/s1. The number of aromatic nitrogens is 4. The van der Waals surface area contributed by atoms with Gasteiger partial charge in [0.25, 0.3) is 5.56 Å². The summed E-state index contributed by atoms with van der Waals surface area (Å²) < 4.78 is 1.36. The molecule has 8 heteroatoms. The zero-order valence-corrected chi connectivity index (χ0v) is 16.0. The minimum atomic E-state index is -1.01. The fourth-order valence-electron chi connectivity index (χ4n) is 3.89.